The summed E-state index contributed by atoms with van der Waals surface area (Å²) in [7, 11) is 0. The molecule has 44 heavy (non-hydrogen) atoms. The normalized spacial score (nSPS) is 15.6. The van der Waals surface area contributed by atoms with Gasteiger partial charge in [-0.1, -0.05) is 56.7 Å². The molecule has 2 aromatic heterocycles. The molecule has 0 aliphatic carbocycles. The molecule has 0 spiro atoms. The molecule has 6 atom stereocenters. The number of nitrogens with two attached hydrogens (primary N) is 1. The Kier molecular flexibility index (Phi) is 10.4. The number of fused-ring (bicyclic) bond motifs is 2. The Hall–Kier alpha value is -4.68. The second kappa shape index (κ2) is 14.2. The lowest BCUT2D eigenvalue weighted by Gasteiger charge is -2.27. The minimum atomic E-state index is -1.48. The molecular formula is C32H40N6O6. The summed E-state index contributed by atoms with van der Waals surface area (Å²) in [4.78, 5) is 58.3. The van der Waals surface area contributed by atoms with E-state index in [0.717, 1.165) is 32.9 Å². The van der Waals surface area contributed by atoms with Gasteiger partial charge < -0.3 is 41.9 Å². The Balaban J connectivity index is 1.55. The number of hydrogen-bond acceptors (Lipinski definition) is 6. The van der Waals surface area contributed by atoms with E-state index in [1.807, 2.05) is 48.5 Å². The van der Waals surface area contributed by atoms with Gasteiger partial charge in [-0.3, -0.25) is 14.4 Å². The van der Waals surface area contributed by atoms with Crippen LogP contribution in [0, 0.1) is 5.92 Å². The number of carboxylic acids is 1. The molecule has 9 N–H and O–H groups in total. The van der Waals surface area contributed by atoms with E-state index in [9.17, 15) is 29.4 Å². The number of para-hydroxylation sites is 2. The maximum absolute atomic E-state index is 13.7. The van der Waals surface area contributed by atoms with E-state index in [0.29, 0.717) is 6.42 Å². The quantitative estimate of drug-likeness (QED) is 0.107. The van der Waals surface area contributed by atoms with E-state index >= 15 is 0 Å². The highest BCUT2D eigenvalue weighted by Crippen LogP contribution is 2.21. The van der Waals surface area contributed by atoms with Crippen molar-refractivity contribution in [3.63, 3.8) is 0 Å². The number of carbonyl (C=O) groups is 4. The fourth-order valence-corrected chi connectivity index (χ4v) is 5.22. The number of nitrogens with one attached hydrogen (secondary N) is 5. The summed E-state index contributed by atoms with van der Waals surface area (Å²) < 4.78 is 0. The number of rotatable bonds is 14. The lowest BCUT2D eigenvalue weighted by Crippen LogP contribution is -2.60. The predicted molar refractivity (Wildman–Crippen MR) is 167 cm³/mol. The van der Waals surface area contributed by atoms with Gasteiger partial charge in [0.05, 0.1) is 12.1 Å². The zero-order valence-electron chi connectivity index (χ0n) is 25.0. The molecule has 0 aliphatic rings. The molecule has 4 rings (SSSR count). The van der Waals surface area contributed by atoms with Crippen molar-refractivity contribution in [2.75, 3.05) is 0 Å². The van der Waals surface area contributed by atoms with Crippen molar-refractivity contribution in [3.05, 3.63) is 72.1 Å². The molecule has 0 aliphatic heterocycles. The molecule has 0 saturated carbocycles. The molecule has 2 aromatic carbocycles. The third-order valence-electron chi connectivity index (χ3n) is 8.02. The highest BCUT2D eigenvalue weighted by Gasteiger charge is 2.34. The third-order valence-corrected chi connectivity index (χ3v) is 8.02. The van der Waals surface area contributed by atoms with E-state index < -0.39 is 59.9 Å². The molecule has 0 bridgehead atoms. The minimum Gasteiger partial charge on any atom is -0.480 e. The van der Waals surface area contributed by atoms with E-state index in [-0.39, 0.29) is 12.8 Å². The average Bonchev–Trinajstić information content (AvgIpc) is 3.61. The number of carboxylic acid groups (broad SMARTS) is 1. The van der Waals surface area contributed by atoms with Gasteiger partial charge in [-0.05, 0) is 42.5 Å². The molecule has 4 aromatic rings. The Morgan fingerprint density at radius 1 is 0.773 bits per heavy atom. The summed E-state index contributed by atoms with van der Waals surface area (Å²) in [6, 6.07) is 10.3. The molecule has 2 heterocycles. The van der Waals surface area contributed by atoms with E-state index in [2.05, 4.69) is 25.9 Å². The second-order valence-corrected chi connectivity index (χ2v) is 11.2. The fraction of sp³-hybridized carbons (Fsp3) is 0.375. The van der Waals surface area contributed by atoms with Gasteiger partial charge in [-0.15, -0.1) is 0 Å². The summed E-state index contributed by atoms with van der Waals surface area (Å²) in [6.07, 6.45) is 2.93. The van der Waals surface area contributed by atoms with Crippen molar-refractivity contribution < 1.29 is 29.4 Å². The number of amides is 3. The number of aliphatic hydroxyl groups is 1. The van der Waals surface area contributed by atoms with Gasteiger partial charge in [0.1, 0.15) is 18.1 Å². The molecule has 0 fully saturated rings. The van der Waals surface area contributed by atoms with Gasteiger partial charge >= 0.3 is 5.97 Å². The Bertz CT molecular complexity index is 1630. The van der Waals surface area contributed by atoms with E-state index in [4.69, 9.17) is 5.73 Å². The van der Waals surface area contributed by atoms with Crippen LogP contribution in [0.1, 0.15) is 38.3 Å². The highest BCUT2D eigenvalue weighted by atomic mass is 16.4. The Labute approximate surface area is 254 Å². The van der Waals surface area contributed by atoms with Crippen LogP contribution >= 0.6 is 0 Å². The van der Waals surface area contributed by atoms with Crippen LogP contribution in [0.15, 0.2) is 60.9 Å². The van der Waals surface area contributed by atoms with Crippen LogP contribution in [-0.2, 0) is 32.0 Å². The first-order valence-electron chi connectivity index (χ1n) is 14.7. The first-order chi connectivity index (χ1) is 21.0. The van der Waals surface area contributed by atoms with E-state index in [1.54, 1.807) is 26.2 Å². The lowest BCUT2D eigenvalue weighted by molar-refractivity contribution is -0.144. The van der Waals surface area contributed by atoms with Gasteiger partial charge in [0.15, 0.2) is 0 Å². The van der Waals surface area contributed by atoms with Gasteiger partial charge in [-0.2, -0.15) is 0 Å². The summed E-state index contributed by atoms with van der Waals surface area (Å²) in [6.45, 7) is 4.79. The minimum absolute atomic E-state index is 0.0557. The van der Waals surface area contributed by atoms with Crippen molar-refractivity contribution in [1.82, 2.24) is 25.9 Å². The molecule has 12 nitrogen and oxygen atoms in total. The second-order valence-electron chi connectivity index (χ2n) is 11.2. The lowest BCUT2D eigenvalue weighted by atomic mass is 9.98. The number of aromatic amines is 2. The number of H-pyrrole nitrogens is 2. The predicted octanol–water partition coefficient (Wildman–Crippen LogP) is 1.73. The molecule has 12 heteroatoms. The number of aliphatic carboxylic acids is 1. The summed E-state index contributed by atoms with van der Waals surface area (Å²) in [5.74, 6) is -3.78. The maximum atomic E-state index is 13.7. The largest absolute Gasteiger partial charge is 0.480 e. The van der Waals surface area contributed by atoms with Gasteiger partial charge in [-0.25, -0.2) is 4.79 Å². The summed E-state index contributed by atoms with van der Waals surface area (Å²) in [5, 5.41) is 29.5. The van der Waals surface area contributed by atoms with Crippen molar-refractivity contribution in [3.8, 4) is 0 Å². The van der Waals surface area contributed by atoms with Gasteiger partial charge in [0.25, 0.3) is 0 Å². The number of hydrogen-bond donors (Lipinski definition) is 8. The van der Waals surface area contributed by atoms with Crippen molar-refractivity contribution in [1.29, 1.82) is 0 Å². The number of benzene rings is 2. The SMILES string of the molecule is CCC(C)C(NC(=O)C(NC(=O)C(Cc1c[nH]c2ccccc12)NC(=O)C(N)Cc1c[nH]c2ccccc12)C(C)O)C(=O)O. The summed E-state index contributed by atoms with van der Waals surface area (Å²) in [5.41, 5.74) is 9.65. The van der Waals surface area contributed by atoms with Crippen LogP contribution in [0.5, 0.6) is 0 Å². The summed E-state index contributed by atoms with van der Waals surface area (Å²) >= 11 is 0. The first kappa shape index (κ1) is 32.2. The first-order valence-corrected chi connectivity index (χ1v) is 14.7. The molecular weight excluding hydrogens is 564 g/mol. The smallest absolute Gasteiger partial charge is 0.326 e. The Morgan fingerprint density at radius 2 is 1.30 bits per heavy atom. The zero-order chi connectivity index (χ0) is 32.0. The van der Waals surface area contributed by atoms with E-state index in [1.165, 1.54) is 6.92 Å². The van der Waals surface area contributed by atoms with Crippen LogP contribution in [0.2, 0.25) is 0 Å². The number of aromatic nitrogens is 2. The standard InChI is InChI=1S/C32H40N6O6/c1-4-17(2)27(32(43)44)37-31(42)28(18(3)39)38-30(41)26(14-20-16-35-25-12-8-6-10-22(20)25)36-29(40)23(33)13-19-15-34-24-11-7-5-9-21(19)24/h5-12,15-18,23,26-28,34-35,39H,4,13-14,33H2,1-3H3,(H,36,40)(H,37,42)(H,38,41)(H,43,44). The van der Waals surface area contributed by atoms with Crippen LogP contribution < -0.4 is 21.7 Å². The fourth-order valence-electron chi connectivity index (χ4n) is 5.22. The maximum Gasteiger partial charge on any atom is 0.326 e. The topological polar surface area (TPSA) is 202 Å². The highest BCUT2D eigenvalue weighted by molar-refractivity contribution is 5.95. The monoisotopic (exact) mass is 604 g/mol. The Morgan fingerprint density at radius 3 is 1.82 bits per heavy atom. The van der Waals surface area contributed by atoms with Crippen molar-refractivity contribution >= 4 is 45.5 Å². The van der Waals surface area contributed by atoms with Crippen molar-refractivity contribution in [2.24, 2.45) is 11.7 Å². The molecule has 0 saturated heterocycles. The molecule has 234 valence electrons. The molecule has 3 amide bonds. The number of aliphatic hydroxyl groups excluding tert-OH is 1. The van der Waals surface area contributed by atoms with Crippen molar-refractivity contribution in [2.45, 2.75) is 70.3 Å². The van der Waals surface area contributed by atoms with Gasteiger partial charge in [0.2, 0.25) is 17.7 Å². The zero-order valence-corrected chi connectivity index (χ0v) is 25.0. The molecule has 0 radical (unpaired) electrons. The van der Waals surface area contributed by atoms with Crippen LogP contribution in [-0.4, -0.2) is 74.1 Å². The molecule has 6 unspecified atom stereocenters. The average molecular weight is 605 g/mol. The van der Waals surface area contributed by atoms with Gasteiger partial charge in [0, 0.05) is 40.6 Å². The van der Waals surface area contributed by atoms with Crippen LogP contribution in [0.25, 0.3) is 21.8 Å². The van der Waals surface area contributed by atoms with Crippen LogP contribution in [0.4, 0.5) is 0 Å². The van der Waals surface area contributed by atoms with Crippen LogP contribution in [0.3, 0.4) is 0 Å². The third kappa shape index (κ3) is 7.44. The number of carbonyl (C=O) groups excluding carboxylic acids is 3.